The molecule has 1 heterocycles. The summed E-state index contributed by atoms with van der Waals surface area (Å²) in [6, 6.07) is 7.65. The second-order valence-electron chi connectivity index (χ2n) is 5.42. The lowest BCUT2D eigenvalue weighted by Gasteiger charge is -2.26. The van der Waals surface area contributed by atoms with Crippen LogP contribution >= 0.6 is 11.6 Å². The molecule has 4 nitrogen and oxygen atoms in total. The molecule has 0 radical (unpaired) electrons. The summed E-state index contributed by atoms with van der Waals surface area (Å²) in [5.74, 6) is 6.58. The third kappa shape index (κ3) is 5.61. The van der Waals surface area contributed by atoms with E-state index in [4.69, 9.17) is 11.6 Å². The van der Waals surface area contributed by atoms with Crippen LogP contribution in [0.3, 0.4) is 0 Å². The Bertz CT molecular complexity index is 602. The third-order valence-electron chi connectivity index (χ3n) is 3.65. The Morgan fingerprint density at radius 3 is 2.74 bits per heavy atom. The Labute approximate surface area is 142 Å². The smallest absolute Gasteiger partial charge is 0.226 e. The summed E-state index contributed by atoms with van der Waals surface area (Å²) in [7, 11) is 0. The highest BCUT2D eigenvalue weighted by atomic mass is 35.5. The number of hydrogen-bond donors (Lipinski definition) is 1. The van der Waals surface area contributed by atoms with Crippen molar-refractivity contribution >= 4 is 29.1 Å². The van der Waals surface area contributed by atoms with Gasteiger partial charge in [0, 0.05) is 36.5 Å². The number of nitrogens with one attached hydrogen (secondary N) is 1. The van der Waals surface area contributed by atoms with E-state index in [2.05, 4.69) is 17.2 Å². The molecule has 0 unspecified atom stereocenters. The second-order valence-corrected chi connectivity index (χ2v) is 5.80. The predicted octanol–water partition coefficient (Wildman–Crippen LogP) is 2.69. The zero-order valence-electron chi connectivity index (χ0n) is 13.1. The highest BCUT2D eigenvalue weighted by Gasteiger charge is 2.19. The molecule has 0 spiro atoms. The number of amides is 2. The van der Waals surface area contributed by atoms with E-state index in [0.29, 0.717) is 31.7 Å². The fourth-order valence-corrected chi connectivity index (χ4v) is 2.54. The fourth-order valence-electron chi connectivity index (χ4n) is 2.41. The lowest BCUT2D eigenvalue weighted by molar-refractivity contribution is -0.121. The molecule has 2 rings (SSSR count). The summed E-state index contributed by atoms with van der Waals surface area (Å²) in [5.41, 5.74) is 1.79. The minimum absolute atomic E-state index is 0.0288. The van der Waals surface area contributed by atoms with Gasteiger partial charge in [-0.05, 0) is 43.5 Å². The number of piperidine rings is 1. The van der Waals surface area contributed by atoms with Gasteiger partial charge in [-0.15, -0.1) is 11.6 Å². The van der Waals surface area contributed by atoms with Gasteiger partial charge in [0.1, 0.15) is 0 Å². The van der Waals surface area contributed by atoms with Gasteiger partial charge >= 0.3 is 0 Å². The molecule has 122 valence electrons. The lowest BCUT2D eigenvalue weighted by Crippen LogP contribution is -2.35. The minimum Gasteiger partial charge on any atom is -0.345 e. The molecule has 0 aliphatic carbocycles. The molecular formula is C18H21ClN2O2. The molecule has 1 fully saturated rings. The first-order valence-corrected chi connectivity index (χ1v) is 8.46. The van der Waals surface area contributed by atoms with Gasteiger partial charge in [0.15, 0.2) is 0 Å². The molecule has 1 saturated heterocycles. The number of hydrogen-bond acceptors (Lipinski definition) is 2. The number of carbonyl (C=O) groups is 2. The summed E-state index contributed by atoms with van der Waals surface area (Å²) in [6.45, 7) is 1.12. The Kier molecular flexibility index (Phi) is 6.96. The van der Waals surface area contributed by atoms with Crippen LogP contribution in [0.4, 0.5) is 5.69 Å². The summed E-state index contributed by atoms with van der Waals surface area (Å²) in [4.78, 5) is 25.1. The van der Waals surface area contributed by atoms with Crippen LogP contribution < -0.4 is 10.2 Å². The van der Waals surface area contributed by atoms with Crippen molar-refractivity contribution in [2.75, 3.05) is 23.9 Å². The number of benzene rings is 1. The van der Waals surface area contributed by atoms with Gasteiger partial charge in [-0.25, -0.2) is 0 Å². The van der Waals surface area contributed by atoms with E-state index in [-0.39, 0.29) is 11.8 Å². The first-order valence-electron chi connectivity index (χ1n) is 7.92. The Morgan fingerprint density at radius 1 is 1.26 bits per heavy atom. The van der Waals surface area contributed by atoms with Crippen LogP contribution in [0.15, 0.2) is 24.3 Å². The number of nitrogens with zero attached hydrogens (tertiary/aromatic N) is 1. The van der Waals surface area contributed by atoms with E-state index in [1.165, 1.54) is 0 Å². The molecule has 0 bridgehead atoms. The summed E-state index contributed by atoms with van der Waals surface area (Å²) in [5, 5.41) is 2.73. The number of alkyl halides is 1. The van der Waals surface area contributed by atoms with Crippen molar-refractivity contribution in [3.63, 3.8) is 0 Å². The van der Waals surface area contributed by atoms with Crippen molar-refractivity contribution in [2.24, 2.45) is 0 Å². The molecule has 1 aromatic carbocycles. The van der Waals surface area contributed by atoms with Crippen LogP contribution in [0.5, 0.6) is 0 Å². The van der Waals surface area contributed by atoms with E-state index < -0.39 is 0 Å². The van der Waals surface area contributed by atoms with Crippen LogP contribution in [-0.2, 0) is 9.59 Å². The topological polar surface area (TPSA) is 49.4 Å². The Morgan fingerprint density at radius 2 is 2.04 bits per heavy atom. The van der Waals surface area contributed by atoms with Crippen molar-refractivity contribution in [2.45, 2.75) is 32.1 Å². The predicted molar refractivity (Wildman–Crippen MR) is 92.5 cm³/mol. The fraction of sp³-hybridized carbons (Fsp3) is 0.444. The normalized spacial score (nSPS) is 14.1. The Hall–Kier alpha value is -1.99. The average Bonchev–Trinajstić information content (AvgIpc) is 2.58. The van der Waals surface area contributed by atoms with Crippen LogP contribution in [0.1, 0.15) is 37.7 Å². The maximum absolute atomic E-state index is 11.9. The standard InChI is InChI=1S/C18H21ClN2O2/c19-12-3-6-17(22)20-13-4-5-15-8-10-16(11-9-15)21-14-2-1-7-18(21)23/h8-11H,1-3,6-7,12-14H2,(H,20,22). The maximum Gasteiger partial charge on any atom is 0.226 e. The minimum atomic E-state index is -0.0288. The molecule has 1 aromatic rings. The Balaban J connectivity index is 1.84. The van der Waals surface area contributed by atoms with E-state index in [1.54, 1.807) is 0 Å². The van der Waals surface area contributed by atoms with Gasteiger partial charge in [-0.1, -0.05) is 11.8 Å². The summed E-state index contributed by atoms with van der Waals surface area (Å²) < 4.78 is 0. The third-order valence-corrected chi connectivity index (χ3v) is 3.91. The zero-order chi connectivity index (χ0) is 16.5. The molecule has 0 saturated carbocycles. The van der Waals surface area contributed by atoms with Crippen LogP contribution in [-0.4, -0.2) is 30.8 Å². The van der Waals surface area contributed by atoms with Crippen molar-refractivity contribution in [3.05, 3.63) is 29.8 Å². The quantitative estimate of drug-likeness (QED) is 0.665. The average molecular weight is 333 g/mol. The number of anilines is 1. The molecule has 0 atom stereocenters. The van der Waals surface area contributed by atoms with Gasteiger partial charge < -0.3 is 10.2 Å². The van der Waals surface area contributed by atoms with Crippen LogP contribution in [0.25, 0.3) is 0 Å². The number of carbonyl (C=O) groups excluding carboxylic acids is 2. The van der Waals surface area contributed by atoms with Crippen molar-refractivity contribution in [1.82, 2.24) is 5.32 Å². The van der Waals surface area contributed by atoms with Gasteiger partial charge in [0.25, 0.3) is 0 Å². The first kappa shape index (κ1) is 17.4. The number of rotatable bonds is 5. The molecule has 23 heavy (non-hydrogen) atoms. The maximum atomic E-state index is 11.9. The van der Waals surface area contributed by atoms with Gasteiger partial charge in [-0.2, -0.15) is 0 Å². The van der Waals surface area contributed by atoms with Crippen molar-refractivity contribution in [1.29, 1.82) is 0 Å². The largest absolute Gasteiger partial charge is 0.345 e. The molecule has 5 heteroatoms. The number of halogens is 1. The molecule has 1 aliphatic heterocycles. The van der Waals surface area contributed by atoms with Crippen LogP contribution in [0, 0.1) is 11.8 Å². The van der Waals surface area contributed by atoms with E-state index >= 15 is 0 Å². The highest BCUT2D eigenvalue weighted by Crippen LogP contribution is 2.20. The summed E-state index contributed by atoms with van der Waals surface area (Å²) >= 11 is 5.53. The SMILES string of the molecule is O=C(CCCCl)NCC#Cc1ccc(N2CCCCC2=O)cc1. The monoisotopic (exact) mass is 332 g/mol. The van der Waals surface area contributed by atoms with E-state index in [1.807, 2.05) is 29.2 Å². The van der Waals surface area contributed by atoms with Crippen LogP contribution in [0.2, 0.25) is 0 Å². The first-order chi connectivity index (χ1) is 11.2. The van der Waals surface area contributed by atoms with Gasteiger partial charge in [0.05, 0.1) is 6.54 Å². The van der Waals surface area contributed by atoms with Crippen molar-refractivity contribution < 1.29 is 9.59 Å². The molecule has 2 amide bonds. The van der Waals surface area contributed by atoms with Gasteiger partial charge in [0.2, 0.25) is 11.8 Å². The van der Waals surface area contributed by atoms with Crippen molar-refractivity contribution in [3.8, 4) is 11.8 Å². The van der Waals surface area contributed by atoms with E-state index in [0.717, 1.165) is 30.6 Å². The highest BCUT2D eigenvalue weighted by molar-refractivity contribution is 6.17. The van der Waals surface area contributed by atoms with Gasteiger partial charge in [-0.3, -0.25) is 9.59 Å². The molecule has 1 aliphatic rings. The summed E-state index contributed by atoms with van der Waals surface area (Å²) in [6.07, 6.45) is 3.78. The zero-order valence-corrected chi connectivity index (χ0v) is 13.9. The lowest BCUT2D eigenvalue weighted by atomic mass is 10.1. The molecular weight excluding hydrogens is 312 g/mol. The molecule has 0 aromatic heterocycles. The van der Waals surface area contributed by atoms with E-state index in [9.17, 15) is 9.59 Å². The second kappa shape index (κ2) is 9.22. The molecule has 1 N–H and O–H groups in total.